The molecule has 17 heteroatoms. The molecule has 0 aliphatic rings. The van der Waals surface area contributed by atoms with Crippen LogP contribution in [0.3, 0.4) is 0 Å². The number of hydrogen-bond acceptors (Lipinski definition) is 6. The predicted molar refractivity (Wildman–Crippen MR) is 113 cm³/mol. The van der Waals surface area contributed by atoms with Crippen LogP contribution < -0.4 is 0 Å². The van der Waals surface area contributed by atoms with Crippen molar-refractivity contribution < 1.29 is 44.5 Å². The van der Waals surface area contributed by atoms with E-state index in [2.05, 4.69) is 0 Å². The first-order valence-electron chi connectivity index (χ1n) is 9.15. The highest BCUT2D eigenvalue weighted by molar-refractivity contribution is 8.01. The minimum Gasteiger partial charge on any atom is -0.233 e. The summed E-state index contributed by atoms with van der Waals surface area (Å²) in [5, 5.41) is 18.6. The van der Waals surface area contributed by atoms with Crippen LogP contribution in [0.15, 0.2) is 60.9 Å². The summed E-state index contributed by atoms with van der Waals surface area (Å²) in [6, 6.07) is 5.89. The normalized spacial score (nSPS) is 11.4. The van der Waals surface area contributed by atoms with Gasteiger partial charge >= 0.3 is 6.18 Å². The molecule has 0 bridgehead atoms. The summed E-state index contributed by atoms with van der Waals surface area (Å²) in [7, 11) is 0. The van der Waals surface area contributed by atoms with Crippen LogP contribution in [0.1, 0.15) is 5.56 Å². The Morgan fingerprint density at radius 1 is 0.838 bits per heavy atom. The molecule has 0 aliphatic heterocycles. The van der Waals surface area contributed by atoms with Gasteiger partial charge in [-0.15, -0.1) is 0 Å². The third kappa shape index (κ3) is 6.02. The van der Waals surface area contributed by atoms with Crippen molar-refractivity contribution in [2.75, 3.05) is 0 Å². The molecule has 0 aromatic heterocycles. The van der Waals surface area contributed by atoms with Crippen molar-refractivity contribution >= 4 is 35.5 Å². The first-order valence-corrected chi connectivity index (χ1v) is 11.6. The number of benzene rings is 3. The van der Waals surface area contributed by atoms with Crippen molar-refractivity contribution in [3.8, 4) is 6.19 Å². The Morgan fingerprint density at radius 3 is 1.92 bits per heavy atom. The van der Waals surface area contributed by atoms with Crippen LogP contribution >= 0.6 is 35.5 Å². The molecule has 0 N–H and O–H groups in total. The second-order valence-electron chi connectivity index (χ2n) is 6.53. The number of hydrazine groups is 1. The molecular weight excluding hydrogens is 581 g/mol. The van der Waals surface area contributed by atoms with Crippen molar-refractivity contribution in [2.24, 2.45) is 0 Å². The Kier molecular flexibility index (Phi) is 8.45. The fraction of sp³-hybridized carbons (Fsp3) is 0.0500. The third-order valence-electron chi connectivity index (χ3n) is 4.18. The molecule has 0 unspecified atom stereocenters. The Balaban J connectivity index is 2.31. The van der Waals surface area contributed by atoms with Gasteiger partial charge in [0.25, 0.3) is 6.19 Å². The van der Waals surface area contributed by atoms with E-state index in [0.29, 0.717) is 11.8 Å². The molecule has 0 spiro atoms. The Labute approximate surface area is 213 Å². The Morgan fingerprint density at radius 2 is 1.41 bits per heavy atom. The molecule has 0 fully saturated rings. The van der Waals surface area contributed by atoms with Crippen LogP contribution in [0, 0.1) is 56.5 Å². The lowest BCUT2D eigenvalue weighted by Gasteiger charge is -2.20. The Hall–Kier alpha value is -3.23. The maximum atomic E-state index is 14.3. The minimum atomic E-state index is -5.36. The zero-order valence-corrected chi connectivity index (χ0v) is 19.7. The summed E-state index contributed by atoms with van der Waals surface area (Å²) in [4.78, 5) is 6.57. The smallest absolute Gasteiger partial charge is 0.233 e. The molecule has 194 valence electrons. The van der Waals surface area contributed by atoms with Gasteiger partial charge in [-0.2, -0.15) is 18.4 Å². The van der Waals surface area contributed by atoms with Gasteiger partial charge in [0.05, 0.1) is 27.3 Å². The fourth-order valence-corrected chi connectivity index (χ4v) is 5.69. The van der Waals surface area contributed by atoms with E-state index in [9.17, 15) is 49.6 Å². The van der Waals surface area contributed by atoms with Gasteiger partial charge in [-0.1, -0.05) is 29.6 Å². The molecule has 0 saturated carbocycles. The molecule has 3 aromatic carbocycles. The van der Waals surface area contributed by atoms with Crippen molar-refractivity contribution in [3.63, 3.8) is 0 Å². The zero-order valence-electron chi connectivity index (χ0n) is 17.2. The van der Waals surface area contributed by atoms with E-state index in [1.54, 1.807) is 0 Å². The summed E-state index contributed by atoms with van der Waals surface area (Å²) in [5.41, 5.74) is -1.68. The number of nitro groups is 1. The highest BCUT2D eigenvalue weighted by atomic mass is 32.2. The predicted octanol–water partition coefficient (Wildman–Crippen LogP) is 7.82. The van der Waals surface area contributed by atoms with Crippen molar-refractivity contribution in [1.82, 2.24) is 4.41 Å². The highest BCUT2D eigenvalue weighted by Gasteiger charge is 2.40. The summed E-state index contributed by atoms with van der Waals surface area (Å²) in [6.07, 6.45) is -4.31. The molecule has 0 aliphatic carbocycles. The largest absolute Gasteiger partial charge is 0.418 e. The van der Waals surface area contributed by atoms with Gasteiger partial charge < -0.3 is 0 Å². The lowest BCUT2D eigenvalue weighted by molar-refractivity contribution is -0.598. The van der Waals surface area contributed by atoms with E-state index in [1.807, 2.05) is 0 Å². The molecule has 5 nitrogen and oxygen atoms in total. The monoisotopic (exact) mass is 587 g/mol. The van der Waals surface area contributed by atoms with Gasteiger partial charge in [0.2, 0.25) is 5.82 Å². The lowest BCUT2D eigenvalue weighted by Crippen LogP contribution is -2.17. The van der Waals surface area contributed by atoms with Crippen LogP contribution in [-0.2, 0) is 6.18 Å². The second-order valence-corrected chi connectivity index (χ2v) is 9.63. The fourth-order valence-electron chi connectivity index (χ4n) is 2.69. The number of rotatable bonds is 7. The van der Waals surface area contributed by atoms with Crippen LogP contribution in [0.25, 0.3) is 0 Å². The maximum absolute atomic E-state index is 14.3. The highest BCUT2D eigenvalue weighted by Crippen LogP contribution is 2.51. The van der Waals surface area contributed by atoms with Crippen LogP contribution in [0.2, 0.25) is 0 Å². The molecule has 3 rings (SSSR count). The third-order valence-corrected chi connectivity index (χ3v) is 7.48. The van der Waals surface area contributed by atoms with E-state index < -0.39 is 83.0 Å². The topological polar surface area (TPSA) is 70.2 Å². The van der Waals surface area contributed by atoms with E-state index in [4.69, 9.17) is 5.26 Å². The van der Waals surface area contributed by atoms with Crippen molar-refractivity contribution in [3.05, 3.63) is 87.0 Å². The van der Waals surface area contributed by atoms with Crippen molar-refractivity contribution in [1.29, 1.82) is 5.26 Å². The first kappa shape index (κ1) is 28.3. The van der Waals surface area contributed by atoms with Crippen LogP contribution in [-0.4, -0.2) is 9.45 Å². The minimum absolute atomic E-state index is 0.0537. The molecular formula is C20H6F9N3O2S3. The SMILES string of the molecule is N#CN(Sc1ccc(Sc2cccc(F)c2)c(C(F)(F)F)c1Sc1c(F)c(F)c(F)c(F)c1F)[N+](=O)[O-]. The average molecular weight is 587 g/mol. The number of nitrogens with zero attached hydrogens (tertiary/aromatic N) is 3. The summed E-state index contributed by atoms with van der Waals surface area (Å²) < 4.78 is 126. The van der Waals surface area contributed by atoms with Gasteiger partial charge in [-0.25, -0.2) is 36.5 Å². The molecule has 0 saturated heterocycles. The van der Waals surface area contributed by atoms with Crippen LogP contribution in [0.4, 0.5) is 39.5 Å². The molecule has 0 heterocycles. The molecule has 0 amide bonds. The maximum Gasteiger partial charge on any atom is 0.418 e. The van der Waals surface area contributed by atoms with Gasteiger partial charge in [0, 0.05) is 19.1 Å². The van der Waals surface area contributed by atoms with E-state index in [1.165, 1.54) is 12.1 Å². The molecule has 0 radical (unpaired) electrons. The zero-order chi connectivity index (χ0) is 27.7. The summed E-state index contributed by atoms with van der Waals surface area (Å²) in [6.45, 7) is 0. The molecule has 3 aromatic rings. The summed E-state index contributed by atoms with van der Waals surface area (Å²) in [5.74, 6) is -13.1. The van der Waals surface area contributed by atoms with Crippen LogP contribution in [0.5, 0.6) is 0 Å². The average Bonchev–Trinajstić information content (AvgIpc) is 2.82. The van der Waals surface area contributed by atoms with Gasteiger partial charge in [-0.3, -0.25) is 0 Å². The quantitative estimate of drug-likeness (QED) is 0.0408. The van der Waals surface area contributed by atoms with Gasteiger partial charge in [0.1, 0.15) is 5.82 Å². The lowest BCUT2D eigenvalue weighted by atomic mass is 10.2. The molecule has 0 atom stereocenters. The number of halogens is 9. The molecule has 37 heavy (non-hydrogen) atoms. The van der Waals surface area contributed by atoms with Gasteiger partial charge in [0.15, 0.2) is 28.3 Å². The van der Waals surface area contributed by atoms with Gasteiger partial charge in [-0.05, 0) is 30.3 Å². The standard InChI is InChI=1S/C20H6F9N3O2S3/c21-8-2-1-3-9(6-8)35-10-4-5-11(37-31(7-30)32(33)34)18(12(10)20(27,28)29)36-19-16(25)14(23)13(22)15(24)17(19)26/h1-6H. The van der Waals surface area contributed by atoms with Crippen molar-refractivity contribution in [2.45, 2.75) is 30.7 Å². The number of nitriles is 1. The van der Waals surface area contributed by atoms with E-state index >= 15 is 0 Å². The van der Waals surface area contributed by atoms with E-state index in [0.717, 1.165) is 30.5 Å². The Bertz CT molecular complexity index is 1400. The first-order chi connectivity index (χ1) is 17.3. The second kappa shape index (κ2) is 11.0. The van der Waals surface area contributed by atoms with E-state index in [-0.39, 0.29) is 21.3 Å². The number of hydrogen-bond donors (Lipinski definition) is 0. The summed E-state index contributed by atoms with van der Waals surface area (Å²) >= 11 is -0.397. The number of alkyl halides is 3.